The van der Waals surface area contributed by atoms with Gasteiger partial charge in [-0.05, 0) is 0 Å². The third-order valence-corrected chi connectivity index (χ3v) is 9.10. The number of phosphoric ester groups is 1. The third kappa shape index (κ3) is 14.6. The molecule has 0 amide bonds. The van der Waals surface area contributed by atoms with Gasteiger partial charge in [0.25, 0.3) is 0 Å². The maximum absolute atomic E-state index is 11.5. The Morgan fingerprint density at radius 3 is 1.88 bits per heavy atom. The molecule has 2 aromatic heterocycles. The molecule has 0 spiro atoms. The average molecular weight is 785 g/mol. The Hall–Kier alpha value is -1.78. The number of aromatic nitrogens is 4. The normalized spacial score (nSPS) is 23.9. The molecule has 0 bridgehead atoms. The topological polar surface area (TPSA) is 475 Å². The van der Waals surface area contributed by atoms with E-state index in [-0.39, 0.29) is 23.3 Å². The van der Waals surface area contributed by atoms with Crippen molar-refractivity contribution >= 4 is 54.6 Å². The van der Waals surface area contributed by atoms with Gasteiger partial charge >= 0.3 is 31.3 Å². The molecular formula is C16H31N5O23P4. The minimum Gasteiger partial charge on any atom is -0.394 e. The van der Waals surface area contributed by atoms with Crippen LogP contribution in [0.15, 0.2) is 12.7 Å². The Labute approximate surface area is 265 Å². The lowest BCUT2D eigenvalue weighted by Crippen LogP contribution is -2.46. The first-order valence-corrected chi connectivity index (χ1v) is 18.1. The summed E-state index contributed by atoms with van der Waals surface area (Å²) in [6.07, 6.45) is -10.0. The molecule has 1 aliphatic rings. The molecule has 16 N–H and O–H groups in total. The summed E-state index contributed by atoms with van der Waals surface area (Å²) in [7, 11) is -20.5. The van der Waals surface area contributed by atoms with Gasteiger partial charge in [0.05, 0.1) is 19.5 Å². The van der Waals surface area contributed by atoms with Gasteiger partial charge in [-0.2, -0.15) is 8.62 Å². The largest absolute Gasteiger partial charge is 0.481 e. The van der Waals surface area contributed by atoms with Crippen LogP contribution in [-0.4, -0.2) is 152 Å². The summed E-state index contributed by atoms with van der Waals surface area (Å²) in [6.45, 7) is -1.57. The summed E-state index contributed by atoms with van der Waals surface area (Å²) in [5.74, 6) is 0.0856. The van der Waals surface area contributed by atoms with Crippen molar-refractivity contribution in [3.05, 3.63) is 12.7 Å². The highest BCUT2D eigenvalue weighted by Gasteiger charge is 2.46. The van der Waals surface area contributed by atoms with Crippen LogP contribution in [-0.2, 0) is 40.9 Å². The molecule has 1 fully saturated rings. The van der Waals surface area contributed by atoms with Crippen LogP contribution in [0.4, 0.5) is 5.82 Å². The predicted octanol–water partition coefficient (Wildman–Crippen LogP) is -5.94. The molecule has 278 valence electrons. The summed E-state index contributed by atoms with van der Waals surface area (Å²) in [6, 6.07) is 0. The molecule has 28 nitrogen and oxygen atoms in total. The second-order valence-electron chi connectivity index (χ2n) is 8.89. The smallest absolute Gasteiger partial charge is 0.394 e. The highest BCUT2D eigenvalue weighted by Crippen LogP contribution is 2.58. The molecule has 3 rings (SSSR count). The van der Waals surface area contributed by atoms with Crippen LogP contribution in [0.5, 0.6) is 0 Å². The molecule has 0 radical (unpaired) electrons. The number of nitrogens with zero attached hydrogens (tertiary/aromatic N) is 4. The van der Waals surface area contributed by atoms with E-state index in [4.69, 9.17) is 65.4 Å². The number of hydrogen-bond donors (Lipinski definition) is 15. The molecule has 48 heavy (non-hydrogen) atoms. The molecular weight excluding hydrogens is 754 g/mol. The number of carbonyl (C=O) groups excluding carboxylic acids is 1. The third-order valence-electron chi connectivity index (χ3n) is 5.24. The summed E-state index contributed by atoms with van der Waals surface area (Å²) < 4.78 is 59.0. The van der Waals surface area contributed by atoms with Gasteiger partial charge in [-0.25, -0.2) is 33.2 Å². The zero-order valence-electron chi connectivity index (χ0n) is 23.4. The number of nitrogen functional groups attached to an aromatic ring is 1. The number of nitrogens with two attached hydrogens (primary N) is 1. The minimum absolute atomic E-state index is 0.0258. The molecule has 5 unspecified atom stereocenters. The first kappa shape index (κ1) is 44.2. The molecule has 3 heterocycles. The maximum atomic E-state index is 11.5. The maximum Gasteiger partial charge on any atom is 0.481 e. The number of fused-ring (bicyclic) bond motifs is 1. The zero-order chi connectivity index (χ0) is 37.4. The van der Waals surface area contributed by atoms with E-state index in [2.05, 4.69) is 28.1 Å². The number of hydrogen-bond acceptors (Lipinski definition) is 20. The highest BCUT2D eigenvalue weighted by molar-refractivity contribution is 7.60. The van der Waals surface area contributed by atoms with Crippen molar-refractivity contribution in [1.29, 1.82) is 0 Å². The van der Waals surface area contributed by atoms with E-state index in [1.807, 2.05) is 0 Å². The van der Waals surface area contributed by atoms with E-state index < -0.39 is 93.5 Å². The quantitative estimate of drug-likeness (QED) is 0.0664. The van der Waals surface area contributed by atoms with Crippen LogP contribution >= 0.6 is 31.3 Å². The van der Waals surface area contributed by atoms with E-state index in [1.165, 1.54) is 10.9 Å². The molecule has 9 atom stereocenters. The van der Waals surface area contributed by atoms with Crippen molar-refractivity contribution < 1.29 is 111 Å². The van der Waals surface area contributed by atoms with Gasteiger partial charge < -0.3 is 85.3 Å². The highest BCUT2D eigenvalue weighted by atomic mass is 31.3. The second-order valence-corrected chi connectivity index (χ2v) is 14.3. The van der Waals surface area contributed by atoms with E-state index in [1.54, 1.807) is 0 Å². The first-order chi connectivity index (χ1) is 21.7. The number of carbonyl (C=O) groups is 1. The van der Waals surface area contributed by atoms with Gasteiger partial charge in [0.2, 0.25) is 0 Å². The summed E-state index contributed by atoms with van der Waals surface area (Å²) >= 11 is 0. The van der Waals surface area contributed by atoms with Crippen molar-refractivity contribution in [3.63, 3.8) is 0 Å². The van der Waals surface area contributed by atoms with Crippen LogP contribution < -0.4 is 5.73 Å². The fourth-order valence-corrected chi connectivity index (χ4v) is 5.94. The van der Waals surface area contributed by atoms with Crippen LogP contribution in [0.2, 0.25) is 0 Å². The Balaban J connectivity index is 0.000000454. The lowest BCUT2D eigenvalue weighted by Gasteiger charge is -2.22. The van der Waals surface area contributed by atoms with Gasteiger partial charge in [-0.15, -0.1) is 0 Å². The number of anilines is 1. The first-order valence-electron chi connectivity index (χ1n) is 12.0. The number of rotatable bonds is 13. The number of imidazole rings is 1. The zero-order valence-corrected chi connectivity index (χ0v) is 26.9. The monoisotopic (exact) mass is 785 g/mol. The van der Waals surface area contributed by atoms with Crippen molar-refractivity contribution in [2.45, 2.75) is 49.0 Å². The summed E-state index contributed by atoms with van der Waals surface area (Å²) in [5, 5.41) is 63.8. The SMILES string of the molecule is Nc1ncnc2c1ncn2[C@@H]1O[C@H](COP(=O)(O)OP(=O)(O)O)[C@@H](O)[C@H]1O.O=CC(O)C(O)C(O)C(O)CO.O=P(O)(O)OP(=O)(O)O. The lowest BCUT2D eigenvalue weighted by molar-refractivity contribution is -0.136. The molecule has 0 aliphatic carbocycles. The van der Waals surface area contributed by atoms with Crippen molar-refractivity contribution in [2.24, 2.45) is 0 Å². The fraction of sp³-hybridized carbons (Fsp3) is 0.625. The number of ether oxygens (including phenoxy) is 1. The van der Waals surface area contributed by atoms with Gasteiger partial charge in [0.1, 0.15) is 54.6 Å². The van der Waals surface area contributed by atoms with Gasteiger partial charge in [0, 0.05) is 0 Å². The average Bonchev–Trinajstić information content (AvgIpc) is 3.49. The van der Waals surface area contributed by atoms with Crippen LogP contribution in [0.3, 0.4) is 0 Å². The Kier molecular flexibility index (Phi) is 16.5. The van der Waals surface area contributed by atoms with Crippen molar-refractivity contribution in [2.75, 3.05) is 18.9 Å². The molecule has 2 aromatic rings. The molecule has 0 saturated carbocycles. The standard InChI is InChI=1S/C10H15N5O10P2.C6H12O6.H4O7P2/c11-8-5-9(13-2-12-8)15(3-14-5)10-7(17)6(16)4(24-10)1-23-27(21,22)25-26(18,19)20;7-1-3(9)5(11)6(12)4(10)2-8;1-8(2,3)7-9(4,5)6/h2-4,6-7,10,16-17H,1H2,(H,21,22)(H2,11,12,13)(H2,18,19,20);1,3-6,8-12H,2H2;(H2,1,2,3)(H2,4,5,6)/t4-,6-,7-,10-;;/m1../s1. The van der Waals surface area contributed by atoms with Crippen molar-refractivity contribution in [3.8, 4) is 0 Å². The number of aldehydes is 1. The van der Waals surface area contributed by atoms with Gasteiger partial charge in [-0.1, -0.05) is 0 Å². The molecule has 32 heteroatoms. The number of phosphoric acid groups is 4. The lowest BCUT2D eigenvalue weighted by atomic mass is 10.0. The predicted molar refractivity (Wildman–Crippen MR) is 147 cm³/mol. The van der Waals surface area contributed by atoms with Crippen LogP contribution in [0.1, 0.15) is 6.23 Å². The Morgan fingerprint density at radius 1 is 0.875 bits per heavy atom. The summed E-state index contributed by atoms with van der Waals surface area (Å²) in [5.41, 5.74) is 6.11. The fourth-order valence-electron chi connectivity index (χ4n) is 3.24. The van der Waals surface area contributed by atoms with Gasteiger partial charge in [-0.3, -0.25) is 9.09 Å². The Bertz CT molecular complexity index is 1510. The number of aliphatic hydroxyl groups is 7. The molecule has 0 aromatic carbocycles. The molecule has 1 saturated heterocycles. The molecule has 1 aliphatic heterocycles. The van der Waals surface area contributed by atoms with E-state index in [9.17, 15) is 38.2 Å². The van der Waals surface area contributed by atoms with E-state index in [0.29, 0.717) is 0 Å². The van der Waals surface area contributed by atoms with Crippen LogP contribution in [0, 0.1) is 0 Å². The van der Waals surface area contributed by atoms with Crippen molar-refractivity contribution in [1.82, 2.24) is 19.5 Å². The Morgan fingerprint density at radius 2 is 1.42 bits per heavy atom. The minimum atomic E-state index is -5.29. The van der Waals surface area contributed by atoms with E-state index >= 15 is 0 Å². The van der Waals surface area contributed by atoms with Gasteiger partial charge in [0.15, 0.2) is 24.0 Å². The second kappa shape index (κ2) is 17.9. The summed E-state index contributed by atoms with van der Waals surface area (Å²) in [4.78, 5) is 79.0. The number of aliphatic hydroxyl groups excluding tert-OH is 7. The van der Waals surface area contributed by atoms with E-state index in [0.717, 1.165) is 6.33 Å². The van der Waals surface area contributed by atoms with Crippen LogP contribution in [0.25, 0.3) is 11.2 Å².